The van der Waals surface area contributed by atoms with E-state index in [1.54, 1.807) is 20.8 Å². The molecule has 7 heteroatoms. The molecule has 1 saturated heterocycles. The van der Waals surface area contributed by atoms with Gasteiger partial charge in [-0.05, 0) is 26.7 Å². The number of carbonyl (C=O) groups excluding carboxylic acids is 3. The van der Waals surface area contributed by atoms with Gasteiger partial charge in [-0.2, -0.15) is 0 Å². The molecule has 1 heterocycles. The summed E-state index contributed by atoms with van der Waals surface area (Å²) in [7, 11) is 0. The molecule has 0 spiro atoms. The van der Waals surface area contributed by atoms with Gasteiger partial charge in [0.1, 0.15) is 12.1 Å². The van der Waals surface area contributed by atoms with E-state index in [9.17, 15) is 14.4 Å². The number of carbonyl (C=O) groups is 3. The minimum absolute atomic E-state index is 0.292. The van der Waals surface area contributed by atoms with Gasteiger partial charge in [0.15, 0.2) is 0 Å². The molecule has 19 heavy (non-hydrogen) atoms. The van der Waals surface area contributed by atoms with E-state index in [0.29, 0.717) is 19.4 Å². The molecule has 0 saturated carbocycles. The fourth-order valence-corrected chi connectivity index (χ4v) is 1.75. The van der Waals surface area contributed by atoms with E-state index in [1.807, 2.05) is 0 Å². The molecular weight excluding hydrogens is 250 g/mol. The van der Waals surface area contributed by atoms with Crippen LogP contribution in [-0.2, 0) is 9.59 Å². The highest BCUT2D eigenvalue weighted by atomic mass is 16.3. The molecule has 2 atom stereocenters. The van der Waals surface area contributed by atoms with Crippen molar-refractivity contribution in [3.8, 4) is 0 Å². The molecule has 108 valence electrons. The molecule has 0 aromatic carbocycles. The van der Waals surface area contributed by atoms with Gasteiger partial charge in [0.2, 0.25) is 5.91 Å². The number of hydrogen-bond donors (Lipinski definition) is 3. The van der Waals surface area contributed by atoms with Crippen molar-refractivity contribution in [3.63, 3.8) is 0 Å². The summed E-state index contributed by atoms with van der Waals surface area (Å²) in [5.74, 6) is -0.796. The normalized spacial score (nSPS) is 24.3. The molecule has 1 fully saturated rings. The lowest BCUT2D eigenvalue weighted by molar-refractivity contribution is -0.134. The number of urea groups is 1. The smallest absolute Gasteiger partial charge is 0.325 e. The van der Waals surface area contributed by atoms with Gasteiger partial charge in [-0.3, -0.25) is 14.5 Å². The molecule has 1 aliphatic rings. The fourth-order valence-electron chi connectivity index (χ4n) is 1.75. The first kappa shape index (κ1) is 15.4. The molecule has 7 nitrogen and oxygen atoms in total. The Morgan fingerprint density at radius 1 is 1.53 bits per heavy atom. The van der Waals surface area contributed by atoms with Crippen molar-refractivity contribution in [3.05, 3.63) is 0 Å². The van der Waals surface area contributed by atoms with Crippen molar-refractivity contribution < 1.29 is 19.5 Å². The zero-order valence-corrected chi connectivity index (χ0v) is 11.5. The zero-order valence-electron chi connectivity index (χ0n) is 11.5. The Bertz CT molecular complexity index is 383. The van der Waals surface area contributed by atoms with Crippen LogP contribution in [0.2, 0.25) is 0 Å². The van der Waals surface area contributed by atoms with E-state index in [-0.39, 0.29) is 12.5 Å². The lowest BCUT2D eigenvalue weighted by Crippen LogP contribution is -2.44. The van der Waals surface area contributed by atoms with E-state index in [4.69, 9.17) is 5.11 Å². The van der Waals surface area contributed by atoms with Gasteiger partial charge in [-0.15, -0.1) is 0 Å². The SMILES string of the molecule is CCC1(C)NC(=O)N(CC(=O)NCCC(C)O)C1=O. The van der Waals surface area contributed by atoms with Crippen LogP contribution in [0.25, 0.3) is 0 Å². The number of imide groups is 1. The van der Waals surface area contributed by atoms with Crippen molar-refractivity contribution in [1.29, 1.82) is 0 Å². The van der Waals surface area contributed by atoms with Gasteiger partial charge in [0, 0.05) is 6.54 Å². The summed E-state index contributed by atoms with van der Waals surface area (Å²) in [6.07, 6.45) is 0.399. The fraction of sp³-hybridized carbons (Fsp3) is 0.750. The highest BCUT2D eigenvalue weighted by molar-refractivity contribution is 6.08. The van der Waals surface area contributed by atoms with Crippen LogP contribution >= 0.6 is 0 Å². The highest BCUT2D eigenvalue weighted by Crippen LogP contribution is 2.20. The molecule has 1 rings (SSSR count). The maximum Gasteiger partial charge on any atom is 0.325 e. The Labute approximate surface area is 112 Å². The van der Waals surface area contributed by atoms with Crippen molar-refractivity contribution in [1.82, 2.24) is 15.5 Å². The van der Waals surface area contributed by atoms with Crippen LogP contribution in [0, 0.1) is 0 Å². The summed E-state index contributed by atoms with van der Waals surface area (Å²) in [5.41, 5.74) is -0.920. The topological polar surface area (TPSA) is 98.7 Å². The molecule has 0 aromatic rings. The summed E-state index contributed by atoms with van der Waals surface area (Å²) >= 11 is 0. The van der Waals surface area contributed by atoms with Crippen molar-refractivity contribution in [2.24, 2.45) is 0 Å². The average Bonchev–Trinajstić information content (AvgIpc) is 2.53. The summed E-state index contributed by atoms with van der Waals surface area (Å²) in [4.78, 5) is 36.2. The van der Waals surface area contributed by atoms with Crippen molar-refractivity contribution in [2.45, 2.75) is 45.3 Å². The second-order valence-corrected chi connectivity index (χ2v) is 4.99. The predicted octanol–water partition coefficient (Wildman–Crippen LogP) is -0.406. The third-order valence-electron chi connectivity index (χ3n) is 3.24. The molecule has 0 radical (unpaired) electrons. The number of rotatable bonds is 6. The van der Waals surface area contributed by atoms with Crippen molar-refractivity contribution in [2.75, 3.05) is 13.1 Å². The number of nitrogens with zero attached hydrogens (tertiary/aromatic N) is 1. The quantitative estimate of drug-likeness (QED) is 0.572. The number of amides is 4. The molecule has 4 amide bonds. The Balaban J connectivity index is 2.51. The van der Waals surface area contributed by atoms with Crippen LogP contribution in [-0.4, -0.2) is 52.6 Å². The lowest BCUT2D eigenvalue weighted by Gasteiger charge is -2.19. The van der Waals surface area contributed by atoms with Crippen LogP contribution < -0.4 is 10.6 Å². The number of aliphatic hydroxyl groups excluding tert-OH is 1. The minimum Gasteiger partial charge on any atom is -0.393 e. The third-order valence-corrected chi connectivity index (χ3v) is 3.24. The predicted molar refractivity (Wildman–Crippen MR) is 68.2 cm³/mol. The van der Waals surface area contributed by atoms with Gasteiger partial charge in [-0.1, -0.05) is 6.92 Å². The second kappa shape index (κ2) is 6.01. The lowest BCUT2D eigenvalue weighted by atomic mass is 9.99. The van der Waals surface area contributed by atoms with E-state index in [2.05, 4.69) is 10.6 Å². The van der Waals surface area contributed by atoms with E-state index in [1.165, 1.54) is 0 Å². The number of aliphatic hydroxyl groups is 1. The first-order valence-electron chi connectivity index (χ1n) is 6.39. The Morgan fingerprint density at radius 3 is 2.63 bits per heavy atom. The van der Waals surface area contributed by atoms with Gasteiger partial charge in [0.25, 0.3) is 5.91 Å². The van der Waals surface area contributed by atoms with Gasteiger partial charge in [-0.25, -0.2) is 4.79 Å². The molecule has 2 unspecified atom stereocenters. The zero-order chi connectivity index (χ0) is 14.6. The highest BCUT2D eigenvalue weighted by Gasteiger charge is 2.46. The maximum absolute atomic E-state index is 12.0. The standard InChI is InChI=1S/C12H21N3O4/c1-4-12(3)10(18)15(11(19)14-12)7-9(17)13-6-5-8(2)16/h8,16H,4-7H2,1-3H3,(H,13,17)(H,14,19). The van der Waals surface area contributed by atoms with Gasteiger partial charge < -0.3 is 15.7 Å². The number of hydrogen-bond acceptors (Lipinski definition) is 4. The van der Waals surface area contributed by atoms with Crippen LogP contribution in [0.15, 0.2) is 0 Å². The van der Waals surface area contributed by atoms with Crippen LogP contribution in [0.1, 0.15) is 33.6 Å². The molecule has 0 bridgehead atoms. The van der Waals surface area contributed by atoms with E-state index in [0.717, 1.165) is 4.90 Å². The maximum atomic E-state index is 12.0. The Kier molecular flexibility index (Phi) is 4.88. The number of nitrogens with one attached hydrogen (secondary N) is 2. The van der Waals surface area contributed by atoms with Crippen LogP contribution in [0.5, 0.6) is 0 Å². The summed E-state index contributed by atoms with van der Waals surface area (Å²) < 4.78 is 0. The Hall–Kier alpha value is -1.63. The molecule has 0 aromatic heterocycles. The molecule has 1 aliphatic heterocycles. The van der Waals surface area contributed by atoms with Gasteiger partial charge >= 0.3 is 6.03 Å². The largest absolute Gasteiger partial charge is 0.393 e. The van der Waals surface area contributed by atoms with Crippen LogP contribution in [0.4, 0.5) is 4.79 Å². The van der Waals surface area contributed by atoms with E-state index < -0.39 is 23.6 Å². The summed E-state index contributed by atoms with van der Waals surface area (Å²) in [6.45, 7) is 5.07. The van der Waals surface area contributed by atoms with E-state index >= 15 is 0 Å². The van der Waals surface area contributed by atoms with Gasteiger partial charge in [0.05, 0.1) is 6.10 Å². The van der Waals surface area contributed by atoms with Crippen molar-refractivity contribution >= 4 is 17.8 Å². The average molecular weight is 271 g/mol. The Morgan fingerprint density at radius 2 is 2.16 bits per heavy atom. The monoisotopic (exact) mass is 271 g/mol. The molecule has 0 aliphatic carbocycles. The first-order valence-corrected chi connectivity index (χ1v) is 6.39. The molecule has 3 N–H and O–H groups in total. The minimum atomic E-state index is -0.920. The second-order valence-electron chi connectivity index (χ2n) is 4.99. The third kappa shape index (κ3) is 3.66. The summed E-state index contributed by atoms with van der Waals surface area (Å²) in [5, 5.41) is 14.2. The summed E-state index contributed by atoms with van der Waals surface area (Å²) in [6, 6.07) is -0.542. The first-order chi connectivity index (χ1) is 8.80. The molecular formula is C12H21N3O4. The van der Waals surface area contributed by atoms with Crippen LogP contribution in [0.3, 0.4) is 0 Å².